The van der Waals surface area contributed by atoms with Gasteiger partial charge in [0.2, 0.25) is 11.8 Å². The second-order valence-corrected chi connectivity index (χ2v) is 37.2. The van der Waals surface area contributed by atoms with Gasteiger partial charge in [0.05, 0.1) is 89.8 Å². The van der Waals surface area contributed by atoms with Gasteiger partial charge in [-0.25, -0.2) is 19.2 Å². The van der Waals surface area contributed by atoms with Crippen molar-refractivity contribution in [2.24, 2.45) is 0 Å². The molecule has 0 radical (unpaired) electrons. The highest BCUT2D eigenvalue weighted by Crippen LogP contribution is 2.39. The molecule has 31 nitrogen and oxygen atoms in total. The van der Waals surface area contributed by atoms with Crippen LogP contribution < -0.4 is 49.5 Å². The fourth-order valence-corrected chi connectivity index (χ4v) is 17.1. The maximum atomic E-state index is 13.3. The van der Waals surface area contributed by atoms with Crippen molar-refractivity contribution in [3.63, 3.8) is 0 Å². The lowest BCUT2D eigenvalue weighted by Gasteiger charge is -2.29. The number of carbonyl (C=O) groups is 5. The minimum Gasteiger partial charge on any atom is -0.444 e. The number of amides is 5. The SMILES string of the molecule is CC(C)(C)OC(=O)N1CCC[C@H]1Cn1ccc2c(N)cccc2c1=O.CC(C)(C)OC(=O)N1CCC[C@H]1Cn1ccc2c(NC(=O)Cc3ccc(Cl)c(C(F)(F)F)c3)cccc2c1=O.CC(C)(C)OC(=O)N1CCC[C@H]1Cn1ccc2c([N+](=O)[O-])cccc2c1=O.O=C(Cc1ccc(Cl)c(C(F)(F)F)c1)Nc1cccc2c(=O)n(C[C@@H]3CCCN3)ccc12.O=c1occc2c([N+](=O)[O-])cccc12. The van der Waals surface area contributed by atoms with Crippen LogP contribution in [0.3, 0.4) is 0 Å². The molecule has 4 aliphatic rings. The number of fused-ring (bicyclic) bond motifs is 5. The molecule has 0 spiro atoms. The summed E-state index contributed by atoms with van der Waals surface area (Å²) in [6, 6.07) is 39.0. The van der Waals surface area contributed by atoms with Crippen molar-refractivity contribution in [1.82, 2.24) is 38.3 Å². The lowest BCUT2D eigenvalue weighted by atomic mass is 10.1. The van der Waals surface area contributed by atoms with Crippen LogP contribution in [-0.4, -0.2) is 140 Å². The maximum Gasteiger partial charge on any atom is 0.417 e. The zero-order valence-electron chi connectivity index (χ0n) is 76.4. The number of rotatable bonds is 16. The van der Waals surface area contributed by atoms with Crippen molar-refractivity contribution in [1.29, 1.82) is 0 Å². The standard InChI is InChI=1S/C28H29ClF3N3O4.C23H21ClF3N3O2.C19H23N3O5.C19H25N3O3.C9H5NO4/c1-27(2,3)39-26(38)35-12-5-6-18(35)16-34-13-11-19-20(25(34)37)7-4-8-23(19)33-24(36)15-17-9-10-22(29)21(14-17)28(30,31)32;24-19-7-6-14(11-18(19)23(25,26)27)12-21(31)29-20-5-1-4-17-16(20)8-10-30(22(17)32)13-15-3-2-9-28-15;1-19(2,3)27-18(24)21-10-5-6-13(21)12-20-11-9-14-15(17(20)23)7-4-8-16(14)22(25)26;1-19(2,3)25-18(24)22-10-5-6-13(22)12-21-11-9-14-15(17(21)23)7-4-8-16(14)20;11-9-7-2-1-3-8(10(12)13)6(7)4-5-14-9/h4,7-11,13-14,18H,5-6,12,15-16H2,1-3H3,(H,33,36);1,4-8,10-11,15,28H,2-3,9,12-13H2,(H,29,31);4,7-9,11,13H,5-6,10,12H2,1-3H3;4,7-9,11,13H,5-6,10,12,20H2,1-3H3;1-5H/t18-;15-;2*13-;/m0000./s1. The minimum atomic E-state index is -4.64. The summed E-state index contributed by atoms with van der Waals surface area (Å²) in [6.07, 6.45) is 3.91. The number of nitro benzene ring substituents is 2. The number of halogens is 8. The van der Waals surface area contributed by atoms with Gasteiger partial charge in [-0.05, 0) is 234 Å². The number of carbonyl (C=O) groups excluding carboxylic acids is 5. The van der Waals surface area contributed by atoms with E-state index in [9.17, 15) is 94.5 Å². The summed E-state index contributed by atoms with van der Waals surface area (Å²) in [6.45, 7) is 20.8. The van der Waals surface area contributed by atoms with Gasteiger partial charge >= 0.3 is 36.3 Å². The number of hydrogen-bond acceptors (Lipinski definition) is 20. The number of alkyl halides is 6. The second-order valence-electron chi connectivity index (χ2n) is 36.4. The van der Waals surface area contributed by atoms with Crippen LogP contribution in [0.5, 0.6) is 0 Å². The summed E-state index contributed by atoms with van der Waals surface area (Å²) >= 11 is 11.3. The number of anilines is 3. The van der Waals surface area contributed by atoms with Gasteiger partial charge < -0.3 is 73.3 Å². The number of pyridine rings is 4. The molecule has 4 fully saturated rings. The quantitative estimate of drug-likeness (QED) is 0.0229. The number of hydrogen-bond donors (Lipinski definition) is 4. The van der Waals surface area contributed by atoms with Gasteiger partial charge in [-0.15, -0.1) is 0 Å². The van der Waals surface area contributed by atoms with E-state index in [0.29, 0.717) is 106 Å². The lowest BCUT2D eigenvalue weighted by Crippen LogP contribution is -2.42. The number of likely N-dealkylation sites (tertiary alicyclic amines) is 3. The van der Waals surface area contributed by atoms with E-state index in [-0.39, 0.29) is 99.3 Å². The number of non-ortho nitro benzene ring substituents is 2. The van der Waals surface area contributed by atoms with Gasteiger partial charge in [-0.3, -0.25) is 49.0 Å². The average molecular weight is 1940 g/mol. The Kier molecular flexibility index (Phi) is 32.0. The van der Waals surface area contributed by atoms with Gasteiger partial charge in [0.25, 0.3) is 33.6 Å². The minimum absolute atomic E-state index is 0.0361. The number of benzene rings is 7. The zero-order chi connectivity index (χ0) is 99.5. The van der Waals surface area contributed by atoms with Crippen LogP contribution in [0.25, 0.3) is 53.9 Å². The Morgan fingerprint density at radius 1 is 0.438 bits per heavy atom. The summed E-state index contributed by atoms with van der Waals surface area (Å²) in [5.41, 5.74) is 2.39. The molecule has 0 bridgehead atoms. The molecule has 4 atom stereocenters. The molecule has 5 aromatic heterocycles. The third-order valence-corrected chi connectivity index (χ3v) is 23.6. The zero-order valence-corrected chi connectivity index (χ0v) is 77.9. The number of aromatic nitrogens is 4. The summed E-state index contributed by atoms with van der Waals surface area (Å²) in [5, 5.41) is 34.1. The first-order chi connectivity index (χ1) is 64.6. The highest BCUT2D eigenvalue weighted by atomic mass is 35.5. The van der Waals surface area contributed by atoms with E-state index < -0.39 is 83.7 Å². The Morgan fingerprint density at radius 3 is 1.15 bits per heavy atom. The first-order valence-electron chi connectivity index (χ1n) is 44.1. The predicted octanol–water partition coefficient (Wildman–Crippen LogP) is 18.9. The monoisotopic (exact) mass is 1930 g/mol. The summed E-state index contributed by atoms with van der Waals surface area (Å²) < 4.78 is 106. The van der Waals surface area contributed by atoms with Crippen LogP contribution >= 0.6 is 23.2 Å². The molecular weight excluding hydrogens is 1830 g/mol. The fraction of sp³-hybridized carbons (Fsp3) is 0.367. The third-order valence-electron chi connectivity index (χ3n) is 23.0. The van der Waals surface area contributed by atoms with Crippen molar-refractivity contribution in [2.45, 2.75) is 206 Å². The number of nitrogens with zero attached hydrogens (tertiary/aromatic N) is 9. The smallest absolute Gasteiger partial charge is 0.417 e. The summed E-state index contributed by atoms with van der Waals surface area (Å²) in [4.78, 5) is 151. The molecule has 724 valence electrons. The van der Waals surface area contributed by atoms with E-state index in [2.05, 4.69) is 20.4 Å². The second kappa shape index (κ2) is 43.0. The molecule has 5 amide bonds. The highest BCUT2D eigenvalue weighted by Gasteiger charge is 2.39. The van der Waals surface area contributed by atoms with Crippen LogP contribution in [-0.2, 0) is 75.2 Å². The number of ether oxygens (including phenoxy) is 3. The molecule has 7 aromatic carbocycles. The topological polar surface area (TPSA) is 389 Å². The van der Waals surface area contributed by atoms with Crippen molar-refractivity contribution in [3.8, 4) is 0 Å². The van der Waals surface area contributed by atoms with E-state index in [1.54, 1.807) is 148 Å². The van der Waals surface area contributed by atoms with Crippen LogP contribution in [0.15, 0.2) is 217 Å². The van der Waals surface area contributed by atoms with Gasteiger partial charge in [-0.1, -0.05) is 65.7 Å². The first kappa shape index (κ1) is 102. The third kappa shape index (κ3) is 26.0. The van der Waals surface area contributed by atoms with Crippen LogP contribution in [0.1, 0.15) is 136 Å². The Morgan fingerprint density at radius 2 is 0.781 bits per heavy atom. The highest BCUT2D eigenvalue weighted by molar-refractivity contribution is 6.31. The molecule has 9 heterocycles. The Bertz CT molecular complexity index is 6900. The maximum absolute atomic E-state index is 13.3. The largest absolute Gasteiger partial charge is 0.444 e. The predicted molar refractivity (Wildman–Crippen MR) is 510 cm³/mol. The fourth-order valence-electron chi connectivity index (χ4n) is 16.7. The molecule has 4 saturated heterocycles. The number of nitrogens with one attached hydrogen (secondary N) is 3. The van der Waals surface area contributed by atoms with Gasteiger partial charge in [0, 0.05) is 138 Å². The summed E-state index contributed by atoms with van der Waals surface area (Å²) in [7, 11) is 0. The Labute approximate surface area is 790 Å². The Hall–Kier alpha value is -13.9. The molecule has 4 aliphatic heterocycles. The molecule has 137 heavy (non-hydrogen) atoms. The van der Waals surface area contributed by atoms with E-state index >= 15 is 0 Å². The normalized spacial score (nSPS) is 16.1. The van der Waals surface area contributed by atoms with Gasteiger partial charge in [0.15, 0.2) is 0 Å². The van der Waals surface area contributed by atoms with E-state index in [4.69, 9.17) is 43.1 Å². The number of nitro groups is 2. The molecule has 0 unspecified atom stereocenters. The molecule has 0 saturated carbocycles. The molecule has 12 aromatic rings. The molecule has 16 rings (SSSR count). The molecule has 39 heteroatoms. The van der Waals surface area contributed by atoms with Crippen molar-refractivity contribution >= 4 is 136 Å². The number of nitrogens with two attached hydrogens (primary N) is 1. The van der Waals surface area contributed by atoms with Crippen molar-refractivity contribution < 1.29 is 78.8 Å². The molecule has 0 aliphatic carbocycles. The van der Waals surface area contributed by atoms with Gasteiger partial charge in [-0.2, -0.15) is 26.3 Å². The van der Waals surface area contributed by atoms with Crippen LogP contribution in [0.2, 0.25) is 10.0 Å². The van der Waals surface area contributed by atoms with E-state index in [1.807, 2.05) is 47.6 Å². The average Bonchev–Trinajstić information content (AvgIpc) is 1.31. The lowest BCUT2D eigenvalue weighted by molar-refractivity contribution is -0.383. The van der Waals surface area contributed by atoms with Crippen LogP contribution in [0.4, 0.5) is 69.2 Å². The number of nitrogen functional groups attached to an aromatic ring is 1. The first-order valence-corrected chi connectivity index (χ1v) is 44.9. The molecule has 5 N–H and O–H groups in total. The van der Waals surface area contributed by atoms with Gasteiger partial charge in [0.1, 0.15) is 16.8 Å². The van der Waals surface area contributed by atoms with Crippen molar-refractivity contribution in [3.05, 3.63) is 293 Å². The Balaban J connectivity index is 0.000000158. The summed E-state index contributed by atoms with van der Waals surface area (Å²) in [5.74, 6) is -1.03. The molecular formula is C98H103Cl2F6N13O18. The van der Waals surface area contributed by atoms with E-state index in [1.165, 1.54) is 57.7 Å². The van der Waals surface area contributed by atoms with Crippen LogP contribution in [0, 0.1) is 20.2 Å². The van der Waals surface area contributed by atoms with Crippen molar-refractivity contribution in [2.75, 3.05) is 42.5 Å². The van der Waals surface area contributed by atoms with E-state index in [0.717, 1.165) is 93.8 Å².